The van der Waals surface area contributed by atoms with Gasteiger partial charge in [-0.1, -0.05) is 18.5 Å². The highest BCUT2D eigenvalue weighted by Crippen LogP contribution is 2.29. The van der Waals surface area contributed by atoms with E-state index in [0.717, 1.165) is 43.4 Å². The van der Waals surface area contributed by atoms with Gasteiger partial charge in [0.25, 0.3) is 0 Å². The van der Waals surface area contributed by atoms with Crippen LogP contribution in [0.4, 0.5) is 0 Å². The Morgan fingerprint density at radius 3 is 2.82 bits per heavy atom. The van der Waals surface area contributed by atoms with Crippen LogP contribution in [0.2, 0.25) is 4.34 Å². The molecule has 98 valence electrons. The van der Waals surface area contributed by atoms with Crippen LogP contribution < -0.4 is 5.32 Å². The summed E-state index contributed by atoms with van der Waals surface area (Å²) in [6.45, 7) is 6.92. The molecule has 0 fully saturated rings. The Labute approximate surface area is 113 Å². The Hall–Kier alpha value is -0.0900. The summed E-state index contributed by atoms with van der Waals surface area (Å²) >= 11 is 7.66. The summed E-state index contributed by atoms with van der Waals surface area (Å²) in [4.78, 5) is 1.33. The van der Waals surface area contributed by atoms with Crippen LogP contribution >= 0.6 is 22.9 Å². The molecule has 1 unspecified atom stereocenters. The molecule has 1 aromatic rings. The van der Waals surface area contributed by atoms with Crippen molar-refractivity contribution in [2.75, 3.05) is 19.8 Å². The largest absolute Gasteiger partial charge is 0.382 e. The lowest BCUT2D eigenvalue weighted by Crippen LogP contribution is -2.21. The van der Waals surface area contributed by atoms with Gasteiger partial charge < -0.3 is 10.1 Å². The molecule has 2 nitrogen and oxygen atoms in total. The second-order valence-electron chi connectivity index (χ2n) is 3.99. The molecule has 1 atom stereocenters. The van der Waals surface area contributed by atoms with Crippen LogP contribution in [0.3, 0.4) is 0 Å². The zero-order chi connectivity index (χ0) is 12.5. The fourth-order valence-electron chi connectivity index (χ4n) is 1.71. The highest BCUT2D eigenvalue weighted by molar-refractivity contribution is 7.16. The van der Waals surface area contributed by atoms with Gasteiger partial charge in [-0.25, -0.2) is 0 Å². The molecule has 0 saturated heterocycles. The molecule has 1 N–H and O–H groups in total. The predicted molar refractivity (Wildman–Crippen MR) is 76.1 cm³/mol. The minimum atomic E-state index is 0.424. The van der Waals surface area contributed by atoms with Crippen LogP contribution in [0.15, 0.2) is 12.1 Å². The Kier molecular flexibility index (Phi) is 7.86. The van der Waals surface area contributed by atoms with Crippen LogP contribution in [-0.4, -0.2) is 19.8 Å². The standard InChI is InChI=1S/C13H22ClNOS/c1-3-9-15-11(6-5-10-16-4-2)12-7-8-13(14)17-12/h7-8,11,15H,3-6,9-10H2,1-2H3. The van der Waals surface area contributed by atoms with Crippen molar-refractivity contribution >= 4 is 22.9 Å². The lowest BCUT2D eigenvalue weighted by molar-refractivity contribution is 0.141. The van der Waals surface area contributed by atoms with E-state index in [2.05, 4.69) is 18.3 Å². The van der Waals surface area contributed by atoms with Crippen molar-refractivity contribution in [3.8, 4) is 0 Å². The lowest BCUT2D eigenvalue weighted by Gasteiger charge is -2.16. The predicted octanol–water partition coefficient (Wildman–Crippen LogP) is 4.26. The van der Waals surface area contributed by atoms with E-state index in [9.17, 15) is 0 Å². The van der Waals surface area contributed by atoms with E-state index < -0.39 is 0 Å². The first kappa shape index (κ1) is 15.0. The van der Waals surface area contributed by atoms with Gasteiger partial charge in [0.2, 0.25) is 0 Å². The van der Waals surface area contributed by atoms with Gasteiger partial charge in [-0.3, -0.25) is 0 Å². The second-order valence-corrected chi connectivity index (χ2v) is 5.73. The molecule has 0 aliphatic heterocycles. The number of hydrogen-bond donors (Lipinski definition) is 1. The van der Waals surface area contributed by atoms with Crippen LogP contribution in [0.25, 0.3) is 0 Å². The lowest BCUT2D eigenvalue weighted by atomic mass is 10.1. The van der Waals surface area contributed by atoms with Crippen LogP contribution in [0, 0.1) is 0 Å². The van der Waals surface area contributed by atoms with E-state index in [1.807, 2.05) is 13.0 Å². The van der Waals surface area contributed by atoms with Crippen molar-refractivity contribution in [1.29, 1.82) is 0 Å². The first-order valence-electron chi connectivity index (χ1n) is 6.34. The first-order chi connectivity index (χ1) is 8.27. The van der Waals surface area contributed by atoms with Crippen molar-refractivity contribution in [3.63, 3.8) is 0 Å². The molecule has 17 heavy (non-hydrogen) atoms. The third-order valence-electron chi connectivity index (χ3n) is 2.56. The van der Waals surface area contributed by atoms with Crippen LogP contribution in [0.1, 0.15) is 44.0 Å². The van der Waals surface area contributed by atoms with Crippen molar-refractivity contribution in [3.05, 3.63) is 21.3 Å². The third-order valence-corrected chi connectivity index (χ3v) is 3.91. The third kappa shape index (κ3) is 5.87. The fourth-order valence-corrected chi connectivity index (χ4v) is 2.88. The summed E-state index contributed by atoms with van der Waals surface area (Å²) < 4.78 is 6.25. The number of nitrogens with one attached hydrogen (secondary N) is 1. The monoisotopic (exact) mass is 275 g/mol. The Morgan fingerprint density at radius 1 is 1.41 bits per heavy atom. The maximum absolute atomic E-state index is 5.99. The minimum absolute atomic E-state index is 0.424. The van der Waals surface area contributed by atoms with Gasteiger partial charge in [0.05, 0.1) is 4.34 Å². The van der Waals surface area contributed by atoms with Gasteiger partial charge >= 0.3 is 0 Å². The van der Waals surface area contributed by atoms with E-state index in [0.29, 0.717) is 6.04 Å². The zero-order valence-electron chi connectivity index (χ0n) is 10.7. The number of thiophene rings is 1. The van der Waals surface area contributed by atoms with Gasteiger partial charge in [0.15, 0.2) is 0 Å². The van der Waals surface area contributed by atoms with Gasteiger partial charge in [0.1, 0.15) is 0 Å². The van der Waals surface area contributed by atoms with Crippen molar-refractivity contribution in [2.24, 2.45) is 0 Å². The summed E-state index contributed by atoms with van der Waals surface area (Å²) in [5.41, 5.74) is 0. The summed E-state index contributed by atoms with van der Waals surface area (Å²) in [7, 11) is 0. The molecule has 0 aromatic carbocycles. The molecule has 0 saturated carbocycles. The quantitative estimate of drug-likeness (QED) is 0.680. The van der Waals surface area contributed by atoms with Crippen LogP contribution in [-0.2, 0) is 4.74 Å². The normalized spacial score (nSPS) is 12.9. The summed E-state index contributed by atoms with van der Waals surface area (Å²) in [6, 6.07) is 4.53. The second kappa shape index (κ2) is 8.92. The van der Waals surface area contributed by atoms with Gasteiger partial charge in [-0.05, 0) is 44.9 Å². The summed E-state index contributed by atoms with van der Waals surface area (Å²) in [5.74, 6) is 0. The minimum Gasteiger partial charge on any atom is -0.382 e. The summed E-state index contributed by atoms with van der Waals surface area (Å²) in [6.07, 6.45) is 3.35. The number of rotatable bonds is 9. The van der Waals surface area contributed by atoms with Gasteiger partial charge in [-0.2, -0.15) is 0 Å². The van der Waals surface area contributed by atoms with E-state index in [-0.39, 0.29) is 0 Å². The van der Waals surface area contributed by atoms with E-state index in [1.165, 1.54) is 4.88 Å². The smallest absolute Gasteiger partial charge is 0.0931 e. The molecule has 4 heteroatoms. The number of ether oxygens (including phenoxy) is 1. The molecule has 0 aliphatic carbocycles. The van der Waals surface area contributed by atoms with Gasteiger partial charge in [0, 0.05) is 24.1 Å². The molecular formula is C13H22ClNOS. The Morgan fingerprint density at radius 2 is 2.24 bits per heavy atom. The molecule has 0 bridgehead atoms. The number of halogens is 1. The Bertz CT molecular complexity index is 303. The van der Waals surface area contributed by atoms with Crippen molar-refractivity contribution in [1.82, 2.24) is 5.32 Å². The Balaban J connectivity index is 2.42. The maximum atomic E-state index is 5.99. The number of hydrogen-bond acceptors (Lipinski definition) is 3. The summed E-state index contributed by atoms with van der Waals surface area (Å²) in [5, 5.41) is 3.57. The van der Waals surface area contributed by atoms with Gasteiger partial charge in [-0.15, -0.1) is 11.3 Å². The average Bonchev–Trinajstić information content (AvgIpc) is 2.75. The molecule has 1 rings (SSSR count). The van der Waals surface area contributed by atoms with Crippen molar-refractivity contribution in [2.45, 2.75) is 39.2 Å². The average molecular weight is 276 g/mol. The SMILES string of the molecule is CCCNC(CCCOCC)c1ccc(Cl)s1. The van der Waals surface area contributed by atoms with E-state index in [4.69, 9.17) is 16.3 Å². The molecule has 0 radical (unpaired) electrons. The first-order valence-corrected chi connectivity index (χ1v) is 7.53. The molecule has 0 aliphatic rings. The molecule has 0 spiro atoms. The van der Waals surface area contributed by atoms with Crippen LogP contribution in [0.5, 0.6) is 0 Å². The molecule has 1 aromatic heterocycles. The molecular weight excluding hydrogens is 254 g/mol. The zero-order valence-corrected chi connectivity index (χ0v) is 12.2. The van der Waals surface area contributed by atoms with Crippen molar-refractivity contribution < 1.29 is 4.74 Å². The van der Waals surface area contributed by atoms with E-state index >= 15 is 0 Å². The fraction of sp³-hybridized carbons (Fsp3) is 0.692. The maximum Gasteiger partial charge on any atom is 0.0931 e. The van der Waals surface area contributed by atoms with E-state index in [1.54, 1.807) is 11.3 Å². The molecule has 1 heterocycles. The topological polar surface area (TPSA) is 21.3 Å². The highest BCUT2D eigenvalue weighted by Gasteiger charge is 2.12. The highest BCUT2D eigenvalue weighted by atomic mass is 35.5. The molecule has 0 amide bonds.